The number of rotatable bonds is 2. The van der Waals surface area contributed by atoms with Gasteiger partial charge in [0.05, 0.1) is 22.9 Å². The highest BCUT2D eigenvalue weighted by Crippen LogP contribution is 2.44. The molecule has 3 heterocycles. The van der Waals surface area contributed by atoms with E-state index in [0.717, 1.165) is 15.4 Å². The number of benzene rings is 2. The molecule has 2 aliphatic heterocycles. The van der Waals surface area contributed by atoms with Gasteiger partial charge in [-0.15, -0.1) is 11.8 Å². The van der Waals surface area contributed by atoms with E-state index in [4.69, 9.17) is 23.2 Å². The third-order valence-corrected chi connectivity index (χ3v) is 7.01. The summed E-state index contributed by atoms with van der Waals surface area (Å²) in [6, 6.07) is 8.88. The van der Waals surface area contributed by atoms with Crippen LogP contribution >= 0.6 is 35.0 Å². The van der Waals surface area contributed by atoms with Gasteiger partial charge in [-0.25, -0.2) is 14.1 Å². The molecule has 3 amide bonds. The third-order valence-electron chi connectivity index (χ3n) is 5.03. The van der Waals surface area contributed by atoms with Gasteiger partial charge in [0.15, 0.2) is 0 Å². The van der Waals surface area contributed by atoms with Gasteiger partial charge in [0.2, 0.25) is 0 Å². The largest absolute Gasteiger partial charge is 0.329 e. The van der Waals surface area contributed by atoms with Crippen molar-refractivity contribution in [1.82, 2.24) is 10.3 Å². The van der Waals surface area contributed by atoms with Crippen molar-refractivity contribution in [2.24, 2.45) is 0 Å². The molecule has 5 nitrogen and oxygen atoms in total. The van der Waals surface area contributed by atoms with E-state index >= 15 is 0 Å². The van der Waals surface area contributed by atoms with Crippen LogP contribution < -0.4 is 10.2 Å². The molecule has 2 aromatic carbocycles. The Balaban J connectivity index is 1.53. The van der Waals surface area contributed by atoms with Crippen LogP contribution in [0.1, 0.15) is 5.56 Å². The number of pyridine rings is 1. The predicted molar refractivity (Wildman–Crippen MR) is 117 cm³/mol. The SMILES string of the molecule is O=C1NC2C=C(c3ccccc3Cl)SC2C(=O)N1c1cncc2cc(Cl)c(F)cc12. The first-order chi connectivity index (χ1) is 14.4. The Morgan fingerprint density at radius 1 is 1.10 bits per heavy atom. The molecule has 0 bridgehead atoms. The maximum atomic E-state index is 14.1. The van der Waals surface area contributed by atoms with Gasteiger partial charge in [-0.05, 0) is 24.3 Å². The molecule has 2 atom stereocenters. The highest BCUT2D eigenvalue weighted by Gasteiger charge is 2.45. The lowest BCUT2D eigenvalue weighted by Gasteiger charge is -2.33. The Morgan fingerprint density at radius 2 is 1.90 bits per heavy atom. The Kier molecular flexibility index (Phi) is 4.69. The molecule has 0 radical (unpaired) electrons. The number of nitrogens with zero attached hydrogens (tertiary/aromatic N) is 2. The van der Waals surface area contributed by atoms with Crippen LogP contribution in [0.2, 0.25) is 10.0 Å². The molecule has 0 aliphatic carbocycles. The molecule has 0 spiro atoms. The summed E-state index contributed by atoms with van der Waals surface area (Å²) in [6.07, 6.45) is 4.71. The number of fused-ring (bicyclic) bond motifs is 2. The summed E-state index contributed by atoms with van der Waals surface area (Å²) in [5.41, 5.74) is 1.01. The lowest BCUT2D eigenvalue weighted by molar-refractivity contribution is -0.118. The molecule has 9 heteroatoms. The minimum absolute atomic E-state index is 0.0594. The minimum atomic E-state index is -0.641. The Hall–Kier alpha value is -2.61. The van der Waals surface area contributed by atoms with Gasteiger partial charge in [0.1, 0.15) is 11.1 Å². The molecule has 0 saturated carbocycles. The highest BCUT2D eigenvalue weighted by molar-refractivity contribution is 8.09. The molecule has 2 unspecified atom stereocenters. The standard InChI is InChI=1S/C21H12Cl2FN3O2S/c22-13-4-2-1-3-11(13)18-7-16-19(30-18)20(28)27(21(29)26-16)17-9-25-8-10-5-14(23)15(24)6-12(10)17/h1-9,16,19H,(H,26,29). The zero-order chi connectivity index (χ0) is 21.0. The fourth-order valence-corrected chi connectivity index (χ4v) is 5.39. The normalized spacial score (nSPS) is 20.9. The number of carbonyl (C=O) groups excluding carboxylic acids is 2. The Morgan fingerprint density at radius 3 is 2.70 bits per heavy atom. The van der Waals surface area contributed by atoms with Crippen molar-refractivity contribution in [3.05, 3.63) is 76.3 Å². The molecule has 3 aromatic rings. The van der Waals surface area contributed by atoms with E-state index in [1.807, 2.05) is 24.3 Å². The Bertz CT molecular complexity index is 1270. The number of hydrogen-bond acceptors (Lipinski definition) is 4. The summed E-state index contributed by atoms with van der Waals surface area (Å²) in [6.45, 7) is 0. The predicted octanol–water partition coefficient (Wildman–Crippen LogP) is 5.26. The van der Waals surface area contributed by atoms with Gasteiger partial charge in [0, 0.05) is 32.5 Å². The number of anilines is 1. The highest BCUT2D eigenvalue weighted by atomic mass is 35.5. The first-order valence-electron chi connectivity index (χ1n) is 8.94. The van der Waals surface area contributed by atoms with Gasteiger partial charge in [-0.3, -0.25) is 9.78 Å². The van der Waals surface area contributed by atoms with Crippen LogP contribution in [0.25, 0.3) is 15.7 Å². The zero-order valence-electron chi connectivity index (χ0n) is 15.1. The number of halogens is 3. The average Bonchev–Trinajstić information content (AvgIpc) is 3.13. The number of hydrogen-bond donors (Lipinski definition) is 1. The lowest BCUT2D eigenvalue weighted by Crippen LogP contribution is -2.60. The van der Waals surface area contributed by atoms with Gasteiger partial charge in [0.25, 0.3) is 5.91 Å². The number of aromatic nitrogens is 1. The number of carbonyl (C=O) groups is 2. The molecular weight excluding hydrogens is 448 g/mol. The molecule has 150 valence electrons. The van der Waals surface area contributed by atoms with Crippen LogP contribution in [0.4, 0.5) is 14.9 Å². The molecule has 1 saturated heterocycles. The minimum Gasteiger partial charge on any atom is -0.329 e. The number of imide groups is 1. The quantitative estimate of drug-likeness (QED) is 0.567. The first kappa shape index (κ1) is 19.4. The summed E-state index contributed by atoms with van der Waals surface area (Å²) >= 11 is 13.5. The smallest absolute Gasteiger partial charge is 0.329 e. The second kappa shape index (κ2) is 7.27. The second-order valence-electron chi connectivity index (χ2n) is 6.84. The topological polar surface area (TPSA) is 62.3 Å². The first-order valence-corrected chi connectivity index (χ1v) is 10.6. The number of urea groups is 1. The number of nitrogens with one attached hydrogen (secondary N) is 1. The maximum absolute atomic E-state index is 14.1. The summed E-state index contributed by atoms with van der Waals surface area (Å²) in [5, 5.41) is 3.68. The van der Waals surface area contributed by atoms with E-state index in [0.29, 0.717) is 15.8 Å². The maximum Gasteiger partial charge on any atom is 0.329 e. The van der Waals surface area contributed by atoms with Gasteiger partial charge < -0.3 is 5.32 Å². The molecule has 30 heavy (non-hydrogen) atoms. The summed E-state index contributed by atoms with van der Waals surface area (Å²) in [5.74, 6) is -1.05. The lowest BCUT2D eigenvalue weighted by atomic mass is 10.1. The fraction of sp³-hybridized carbons (Fsp3) is 0.0952. The van der Waals surface area contributed by atoms with E-state index < -0.39 is 29.0 Å². The van der Waals surface area contributed by atoms with Crippen molar-refractivity contribution >= 4 is 68.3 Å². The van der Waals surface area contributed by atoms with Crippen molar-refractivity contribution in [3.63, 3.8) is 0 Å². The molecule has 2 aliphatic rings. The number of amides is 3. The van der Waals surface area contributed by atoms with E-state index in [1.165, 1.54) is 36.3 Å². The summed E-state index contributed by atoms with van der Waals surface area (Å²) in [7, 11) is 0. The van der Waals surface area contributed by atoms with Gasteiger partial charge >= 0.3 is 6.03 Å². The van der Waals surface area contributed by atoms with E-state index in [1.54, 1.807) is 6.07 Å². The van der Waals surface area contributed by atoms with Crippen molar-refractivity contribution in [1.29, 1.82) is 0 Å². The van der Waals surface area contributed by atoms with Crippen molar-refractivity contribution in [2.75, 3.05) is 4.90 Å². The van der Waals surface area contributed by atoms with Gasteiger partial charge in [-0.1, -0.05) is 41.4 Å². The summed E-state index contributed by atoms with van der Waals surface area (Å²) in [4.78, 5) is 32.1. The van der Waals surface area contributed by atoms with Crippen molar-refractivity contribution in [3.8, 4) is 0 Å². The summed E-state index contributed by atoms with van der Waals surface area (Å²) < 4.78 is 14.1. The van der Waals surface area contributed by atoms with Crippen LogP contribution in [0.15, 0.2) is 54.9 Å². The number of thioether (sulfide) groups is 1. The van der Waals surface area contributed by atoms with Crippen molar-refractivity contribution < 1.29 is 14.0 Å². The van der Waals surface area contributed by atoms with Crippen LogP contribution in [0.3, 0.4) is 0 Å². The monoisotopic (exact) mass is 459 g/mol. The van der Waals surface area contributed by atoms with Crippen LogP contribution in [-0.4, -0.2) is 28.2 Å². The van der Waals surface area contributed by atoms with E-state index in [2.05, 4.69) is 10.3 Å². The molecule has 1 N–H and O–H groups in total. The zero-order valence-corrected chi connectivity index (χ0v) is 17.4. The van der Waals surface area contributed by atoms with E-state index in [9.17, 15) is 14.0 Å². The molecule has 5 rings (SSSR count). The van der Waals surface area contributed by atoms with E-state index in [-0.39, 0.29) is 10.7 Å². The fourth-order valence-electron chi connectivity index (χ4n) is 3.62. The average molecular weight is 460 g/mol. The van der Waals surface area contributed by atoms with Crippen LogP contribution in [0.5, 0.6) is 0 Å². The van der Waals surface area contributed by atoms with Crippen LogP contribution in [0, 0.1) is 5.82 Å². The third kappa shape index (κ3) is 3.05. The molecule has 1 aromatic heterocycles. The van der Waals surface area contributed by atoms with Crippen molar-refractivity contribution in [2.45, 2.75) is 11.3 Å². The second-order valence-corrected chi connectivity index (χ2v) is 8.84. The molecular formula is C21H12Cl2FN3O2S. The van der Waals surface area contributed by atoms with Crippen LogP contribution in [-0.2, 0) is 4.79 Å². The molecule has 1 fully saturated rings. The van der Waals surface area contributed by atoms with Gasteiger partial charge in [-0.2, -0.15) is 0 Å². The Labute approximate surface area is 184 Å².